The number of hydrogen-bond donors (Lipinski definition) is 2. The number of carbonyl (C=O) groups is 1. The van der Waals surface area contributed by atoms with E-state index in [0.717, 1.165) is 26.1 Å². The first-order chi connectivity index (χ1) is 8.61. The van der Waals surface area contributed by atoms with E-state index in [-0.39, 0.29) is 42.2 Å². The van der Waals surface area contributed by atoms with Gasteiger partial charge in [-0.1, -0.05) is 6.92 Å². The van der Waals surface area contributed by atoms with Gasteiger partial charge < -0.3 is 10.6 Å². The Morgan fingerprint density at radius 2 is 2.30 bits per heavy atom. The smallest absolute Gasteiger partial charge is 0.244 e. The number of nitrogens with one attached hydrogen (secondary N) is 2. The molecule has 0 spiro atoms. The first-order valence-corrected chi connectivity index (χ1v) is 6.58. The highest BCUT2D eigenvalue weighted by Crippen LogP contribution is 2.24. The summed E-state index contributed by atoms with van der Waals surface area (Å²) in [5.41, 5.74) is 0.178. The van der Waals surface area contributed by atoms with Crippen LogP contribution in [0.15, 0.2) is 18.5 Å². The standard InChI is InChI=1S/C13H22N4O.2ClH/c1-11(17-8-4-7-16-17)12(18)15-10-13(2)5-3-6-14-9-13;;/h4,7-8,11,14H,3,5-6,9-10H2,1-2H3,(H,15,18);2*1H. The molecule has 5 nitrogen and oxygen atoms in total. The summed E-state index contributed by atoms with van der Waals surface area (Å²) in [6, 6.07) is 1.58. The molecule has 20 heavy (non-hydrogen) atoms. The van der Waals surface area contributed by atoms with Crippen LogP contribution in [-0.2, 0) is 4.79 Å². The fourth-order valence-electron chi connectivity index (χ4n) is 2.35. The molecule has 0 bridgehead atoms. The Morgan fingerprint density at radius 3 is 2.85 bits per heavy atom. The number of hydrogen-bond acceptors (Lipinski definition) is 3. The van der Waals surface area contributed by atoms with Crippen molar-refractivity contribution in [2.24, 2.45) is 5.41 Å². The molecule has 2 heterocycles. The predicted octanol–water partition coefficient (Wildman–Crippen LogP) is 1.79. The number of nitrogens with zero attached hydrogens (tertiary/aromatic N) is 2. The fraction of sp³-hybridized carbons (Fsp3) is 0.692. The lowest BCUT2D eigenvalue weighted by Gasteiger charge is -2.34. The van der Waals surface area contributed by atoms with Crippen molar-refractivity contribution in [3.8, 4) is 0 Å². The Kier molecular flexibility index (Phi) is 8.16. The maximum absolute atomic E-state index is 12.0. The van der Waals surface area contributed by atoms with Crippen LogP contribution < -0.4 is 10.6 Å². The van der Waals surface area contributed by atoms with Crippen molar-refractivity contribution < 1.29 is 4.79 Å². The van der Waals surface area contributed by atoms with Gasteiger partial charge in [0.15, 0.2) is 0 Å². The topological polar surface area (TPSA) is 59.0 Å². The molecule has 1 amide bonds. The highest BCUT2D eigenvalue weighted by molar-refractivity contribution is 5.85. The summed E-state index contributed by atoms with van der Waals surface area (Å²) in [6.45, 7) is 6.88. The van der Waals surface area contributed by atoms with Gasteiger partial charge >= 0.3 is 0 Å². The van der Waals surface area contributed by atoms with E-state index in [2.05, 4.69) is 22.7 Å². The molecule has 2 atom stereocenters. The van der Waals surface area contributed by atoms with Crippen molar-refractivity contribution >= 4 is 30.7 Å². The van der Waals surface area contributed by atoms with Crippen molar-refractivity contribution in [2.45, 2.75) is 32.7 Å². The maximum atomic E-state index is 12.0. The normalized spacial score (nSPS) is 23.1. The second-order valence-electron chi connectivity index (χ2n) is 5.47. The molecular weight excluding hydrogens is 299 g/mol. The summed E-state index contributed by atoms with van der Waals surface area (Å²) in [6.07, 6.45) is 5.85. The molecule has 7 heteroatoms. The Bertz CT molecular complexity index is 391. The maximum Gasteiger partial charge on any atom is 0.244 e. The molecule has 1 aromatic heterocycles. The van der Waals surface area contributed by atoms with Crippen LogP contribution in [0.25, 0.3) is 0 Å². The molecule has 1 aliphatic rings. The van der Waals surface area contributed by atoms with Crippen LogP contribution in [0.5, 0.6) is 0 Å². The highest BCUT2D eigenvalue weighted by Gasteiger charge is 2.28. The van der Waals surface area contributed by atoms with E-state index in [1.165, 1.54) is 6.42 Å². The summed E-state index contributed by atoms with van der Waals surface area (Å²) in [5.74, 6) is 0.0329. The summed E-state index contributed by atoms with van der Waals surface area (Å²) >= 11 is 0. The number of aromatic nitrogens is 2. The second kappa shape index (κ2) is 8.49. The molecule has 0 aliphatic carbocycles. The average molecular weight is 323 g/mol. The van der Waals surface area contributed by atoms with E-state index in [1.54, 1.807) is 10.9 Å². The van der Waals surface area contributed by atoms with Gasteiger partial charge in [-0.25, -0.2) is 0 Å². The van der Waals surface area contributed by atoms with Gasteiger partial charge in [0.1, 0.15) is 6.04 Å². The third-order valence-corrected chi connectivity index (χ3v) is 3.68. The lowest BCUT2D eigenvalue weighted by atomic mass is 9.83. The van der Waals surface area contributed by atoms with Crippen molar-refractivity contribution in [3.63, 3.8) is 0 Å². The van der Waals surface area contributed by atoms with E-state index in [1.807, 2.05) is 19.2 Å². The van der Waals surface area contributed by atoms with E-state index in [9.17, 15) is 4.79 Å². The quantitative estimate of drug-likeness (QED) is 0.888. The number of piperidine rings is 1. The molecule has 116 valence electrons. The molecule has 2 unspecified atom stereocenters. The largest absolute Gasteiger partial charge is 0.354 e. The van der Waals surface area contributed by atoms with Crippen molar-refractivity contribution in [1.29, 1.82) is 0 Å². The van der Waals surface area contributed by atoms with E-state index in [4.69, 9.17) is 0 Å². The van der Waals surface area contributed by atoms with Crippen LogP contribution in [0.4, 0.5) is 0 Å². The second-order valence-corrected chi connectivity index (χ2v) is 5.47. The van der Waals surface area contributed by atoms with E-state index >= 15 is 0 Å². The van der Waals surface area contributed by atoms with Gasteiger partial charge in [-0.15, -0.1) is 24.8 Å². The van der Waals surface area contributed by atoms with Crippen molar-refractivity contribution in [1.82, 2.24) is 20.4 Å². The average Bonchev–Trinajstić information content (AvgIpc) is 2.90. The SMILES string of the molecule is CC(C(=O)NCC1(C)CCCNC1)n1cccn1.Cl.Cl. The minimum absolute atomic E-state index is 0. The number of rotatable bonds is 4. The van der Waals surface area contributed by atoms with E-state index in [0.29, 0.717) is 0 Å². The molecule has 1 fully saturated rings. The summed E-state index contributed by atoms with van der Waals surface area (Å²) in [7, 11) is 0. The molecular formula is C13H24Cl2N4O. The Balaban J connectivity index is 0.00000180. The third-order valence-electron chi connectivity index (χ3n) is 3.68. The van der Waals surface area contributed by atoms with Gasteiger partial charge in [-0.3, -0.25) is 9.48 Å². The molecule has 1 aromatic rings. The number of carbonyl (C=O) groups excluding carboxylic acids is 1. The Hall–Kier alpha value is -0.780. The van der Waals surface area contributed by atoms with Crippen LogP contribution in [0.1, 0.15) is 32.7 Å². The minimum Gasteiger partial charge on any atom is -0.354 e. The molecule has 0 aromatic carbocycles. The van der Waals surface area contributed by atoms with Crippen LogP contribution in [-0.4, -0.2) is 35.3 Å². The molecule has 0 saturated carbocycles. The number of amides is 1. The zero-order valence-corrected chi connectivity index (χ0v) is 13.6. The van der Waals surface area contributed by atoms with Gasteiger partial charge in [-0.05, 0) is 37.8 Å². The summed E-state index contributed by atoms with van der Waals surface area (Å²) < 4.78 is 1.68. The number of halogens is 2. The lowest BCUT2D eigenvalue weighted by Crippen LogP contribution is -2.46. The zero-order chi connectivity index (χ0) is 13.0. The van der Waals surface area contributed by atoms with Gasteiger partial charge in [0.05, 0.1) is 0 Å². The van der Waals surface area contributed by atoms with Crippen molar-refractivity contribution in [3.05, 3.63) is 18.5 Å². The third kappa shape index (κ3) is 4.96. The molecule has 1 aliphatic heterocycles. The summed E-state index contributed by atoms with van der Waals surface area (Å²) in [5, 5.41) is 10.5. The zero-order valence-electron chi connectivity index (χ0n) is 12.0. The fourth-order valence-corrected chi connectivity index (χ4v) is 2.35. The Morgan fingerprint density at radius 1 is 1.55 bits per heavy atom. The van der Waals surface area contributed by atoms with Gasteiger partial charge in [0.2, 0.25) is 5.91 Å². The van der Waals surface area contributed by atoms with Crippen LogP contribution in [0.2, 0.25) is 0 Å². The molecule has 2 rings (SSSR count). The first-order valence-electron chi connectivity index (χ1n) is 6.58. The highest BCUT2D eigenvalue weighted by atomic mass is 35.5. The van der Waals surface area contributed by atoms with Gasteiger partial charge in [0.25, 0.3) is 0 Å². The minimum atomic E-state index is -0.250. The van der Waals surface area contributed by atoms with E-state index < -0.39 is 0 Å². The van der Waals surface area contributed by atoms with Gasteiger partial charge in [0, 0.05) is 25.5 Å². The monoisotopic (exact) mass is 322 g/mol. The Labute approximate surface area is 132 Å². The predicted molar refractivity (Wildman–Crippen MR) is 84.7 cm³/mol. The van der Waals surface area contributed by atoms with Crippen molar-refractivity contribution in [2.75, 3.05) is 19.6 Å². The van der Waals surface area contributed by atoms with Gasteiger partial charge in [-0.2, -0.15) is 5.10 Å². The molecule has 1 saturated heterocycles. The van der Waals surface area contributed by atoms with Crippen LogP contribution in [0.3, 0.4) is 0 Å². The summed E-state index contributed by atoms with van der Waals surface area (Å²) in [4.78, 5) is 12.0. The lowest BCUT2D eigenvalue weighted by molar-refractivity contribution is -0.124. The molecule has 2 N–H and O–H groups in total. The van der Waals surface area contributed by atoms with Crippen LogP contribution >= 0.6 is 24.8 Å². The molecule has 0 radical (unpaired) electrons. The first kappa shape index (κ1) is 19.2. The van der Waals surface area contributed by atoms with Crippen LogP contribution in [0, 0.1) is 5.41 Å².